The van der Waals surface area contributed by atoms with Crippen molar-refractivity contribution in [2.75, 3.05) is 12.3 Å². The van der Waals surface area contributed by atoms with Gasteiger partial charge in [0.25, 0.3) is 0 Å². The average Bonchev–Trinajstić information content (AvgIpc) is 2.84. The number of hydrogen-bond acceptors (Lipinski definition) is 3. The van der Waals surface area contributed by atoms with Gasteiger partial charge in [0.15, 0.2) is 0 Å². The van der Waals surface area contributed by atoms with Crippen LogP contribution in [-0.2, 0) is 6.54 Å². The summed E-state index contributed by atoms with van der Waals surface area (Å²) < 4.78 is 8.06. The molecule has 0 amide bonds. The van der Waals surface area contributed by atoms with Crippen LogP contribution in [0, 0.1) is 20.8 Å². The Labute approximate surface area is 143 Å². The third kappa shape index (κ3) is 3.53. The Balaban J connectivity index is 1.57. The summed E-state index contributed by atoms with van der Waals surface area (Å²) in [5.74, 6) is 1.95. The van der Waals surface area contributed by atoms with Crippen LogP contribution in [0.3, 0.4) is 0 Å². The van der Waals surface area contributed by atoms with Crippen molar-refractivity contribution in [3.8, 4) is 5.75 Å². The van der Waals surface area contributed by atoms with Gasteiger partial charge in [-0.1, -0.05) is 0 Å². The molecular formula is C20H25N3O. The minimum Gasteiger partial charge on any atom is -0.494 e. The molecule has 4 nitrogen and oxygen atoms in total. The summed E-state index contributed by atoms with van der Waals surface area (Å²) in [5, 5.41) is 0. The number of rotatable bonds is 6. The minimum absolute atomic E-state index is 0.716. The maximum Gasteiger partial charge on any atom is 0.119 e. The Hall–Kier alpha value is -2.49. The van der Waals surface area contributed by atoms with Crippen molar-refractivity contribution in [1.29, 1.82) is 0 Å². The maximum atomic E-state index is 5.75. The van der Waals surface area contributed by atoms with Gasteiger partial charge in [-0.3, -0.25) is 0 Å². The van der Waals surface area contributed by atoms with E-state index in [-0.39, 0.29) is 0 Å². The highest BCUT2D eigenvalue weighted by Gasteiger charge is 2.08. The summed E-state index contributed by atoms with van der Waals surface area (Å²) in [4.78, 5) is 4.69. The van der Waals surface area contributed by atoms with Crippen molar-refractivity contribution < 1.29 is 4.74 Å². The lowest BCUT2D eigenvalue weighted by Crippen LogP contribution is -2.04. The van der Waals surface area contributed by atoms with Crippen molar-refractivity contribution in [2.45, 2.75) is 40.2 Å². The normalized spacial score (nSPS) is 11.1. The molecule has 0 aliphatic rings. The second-order valence-corrected chi connectivity index (χ2v) is 6.36. The number of unbranched alkanes of at least 4 members (excludes halogenated alkanes) is 1. The van der Waals surface area contributed by atoms with Gasteiger partial charge in [0.05, 0.1) is 17.6 Å². The Morgan fingerprint density at radius 3 is 2.46 bits per heavy atom. The standard InChI is InChI=1S/C20H25N3O/c1-14-12-19-20(13-15(14)2)23(16(3)22-19)10-4-5-11-24-18-8-6-17(21)7-9-18/h6-9,12-13H,4-5,10-11,21H2,1-3H3. The Kier molecular flexibility index (Phi) is 4.74. The number of imidazole rings is 1. The van der Waals surface area contributed by atoms with Gasteiger partial charge in [-0.05, 0) is 81.1 Å². The van der Waals surface area contributed by atoms with E-state index < -0.39 is 0 Å². The molecular weight excluding hydrogens is 298 g/mol. The zero-order valence-electron chi connectivity index (χ0n) is 14.7. The van der Waals surface area contributed by atoms with Gasteiger partial charge in [0.2, 0.25) is 0 Å². The van der Waals surface area contributed by atoms with Crippen LogP contribution in [0.25, 0.3) is 11.0 Å². The first-order chi connectivity index (χ1) is 11.5. The fraction of sp³-hybridized carbons (Fsp3) is 0.350. The molecule has 0 aliphatic carbocycles. The van der Waals surface area contributed by atoms with Crippen LogP contribution >= 0.6 is 0 Å². The number of anilines is 1. The molecule has 3 aromatic rings. The van der Waals surface area contributed by atoms with Crippen LogP contribution in [-0.4, -0.2) is 16.2 Å². The van der Waals surface area contributed by atoms with E-state index in [0.717, 1.165) is 42.2 Å². The molecule has 1 aromatic heterocycles. The molecule has 0 saturated carbocycles. The fourth-order valence-corrected chi connectivity index (χ4v) is 2.91. The molecule has 0 atom stereocenters. The van der Waals surface area contributed by atoms with E-state index in [1.54, 1.807) is 0 Å². The van der Waals surface area contributed by atoms with E-state index in [1.165, 1.54) is 16.6 Å². The van der Waals surface area contributed by atoms with Gasteiger partial charge < -0.3 is 15.0 Å². The van der Waals surface area contributed by atoms with Crippen molar-refractivity contribution in [2.24, 2.45) is 0 Å². The molecule has 0 bridgehead atoms. The van der Waals surface area contributed by atoms with Gasteiger partial charge in [-0.15, -0.1) is 0 Å². The topological polar surface area (TPSA) is 53.1 Å². The number of benzene rings is 2. The first kappa shape index (κ1) is 16.4. The van der Waals surface area contributed by atoms with E-state index in [9.17, 15) is 0 Å². The van der Waals surface area contributed by atoms with Gasteiger partial charge in [-0.2, -0.15) is 0 Å². The third-order valence-corrected chi connectivity index (χ3v) is 4.48. The van der Waals surface area contributed by atoms with Crippen molar-refractivity contribution in [3.05, 3.63) is 53.3 Å². The monoisotopic (exact) mass is 323 g/mol. The maximum absolute atomic E-state index is 5.75. The molecule has 0 aliphatic heterocycles. The second-order valence-electron chi connectivity index (χ2n) is 6.36. The van der Waals surface area contributed by atoms with E-state index in [4.69, 9.17) is 10.5 Å². The summed E-state index contributed by atoms with van der Waals surface area (Å²) >= 11 is 0. The first-order valence-electron chi connectivity index (χ1n) is 8.47. The van der Waals surface area contributed by atoms with Gasteiger partial charge in [0, 0.05) is 12.2 Å². The third-order valence-electron chi connectivity index (χ3n) is 4.48. The molecule has 126 valence electrons. The number of aromatic nitrogens is 2. The summed E-state index contributed by atoms with van der Waals surface area (Å²) in [6.45, 7) is 8.05. The van der Waals surface area contributed by atoms with Crippen LogP contribution in [0.2, 0.25) is 0 Å². The number of nitrogens with two attached hydrogens (primary N) is 1. The Bertz CT molecular complexity index is 834. The zero-order valence-corrected chi connectivity index (χ0v) is 14.7. The van der Waals surface area contributed by atoms with Crippen molar-refractivity contribution >= 4 is 16.7 Å². The minimum atomic E-state index is 0.716. The van der Waals surface area contributed by atoms with Crippen molar-refractivity contribution in [3.63, 3.8) is 0 Å². The van der Waals surface area contributed by atoms with E-state index in [1.807, 2.05) is 24.3 Å². The average molecular weight is 323 g/mol. The lowest BCUT2D eigenvalue weighted by atomic mass is 10.1. The fourth-order valence-electron chi connectivity index (χ4n) is 2.91. The number of aryl methyl sites for hydroxylation is 4. The smallest absolute Gasteiger partial charge is 0.119 e. The number of nitrogen functional groups attached to an aromatic ring is 1. The van der Waals surface area contributed by atoms with Crippen molar-refractivity contribution in [1.82, 2.24) is 9.55 Å². The van der Waals surface area contributed by atoms with Gasteiger partial charge in [-0.25, -0.2) is 4.98 Å². The number of nitrogens with zero attached hydrogens (tertiary/aromatic N) is 2. The molecule has 0 spiro atoms. The highest BCUT2D eigenvalue weighted by molar-refractivity contribution is 5.78. The van der Waals surface area contributed by atoms with Crippen LogP contribution in [0.4, 0.5) is 5.69 Å². The number of hydrogen-bond donors (Lipinski definition) is 1. The quantitative estimate of drug-likeness (QED) is 0.540. The molecule has 24 heavy (non-hydrogen) atoms. The predicted molar refractivity (Wildman–Crippen MR) is 99.5 cm³/mol. The Morgan fingerprint density at radius 2 is 1.71 bits per heavy atom. The Morgan fingerprint density at radius 1 is 1.00 bits per heavy atom. The van der Waals surface area contributed by atoms with E-state index in [2.05, 4.69) is 42.5 Å². The molecule has 2 aromatic carbocycles. The summed E-state index contributed by atoms with van der Waals surface area (Å²) in [7, 11) is 0. The van der Waals surface area contributed by atoms with E-state index >= 15 is 0 Å². The lowest BCUT2D eigenvalue weighted by Gasteiger charge is -2.09. The number of ether oxygens (including phenoxy) is 1. The zero-order chi connectivity index (χ0) is 17.1. The largest absolute Gasteiger partial charge is 0.494 e. The molecule has 0 unspecified atom stereocenters. The predicted octanol–water partition coefficient (Wildman–Crippen LogP) is 4.40. The first-order valence-corrected chi connectivity index (χ1v) is 8.47. The molecule has 1 heterocycles. The summed E-state index contributed by atoms with van der Waals surface area (Å²) in [5.41, 5.74) is 11.4. The molecule has 0 fully saturated rings. The molecule has 2 N–H and O–H groups in total. The van der Waals surface area contributed by atoms with Crippen LogP contribution in [0.5, 0.6) is 5.75 Å². The molecule has 0 saturated heterocycles. The van der Waals surface area contributed by atoms with Gasteiger partial charge in [0.1, 0.15) is 11.6 Å². The molecule has 4 heteroatoms. The highest BCUT2D eigenvalue weighted by atomic mass is 16.5. The summed E-state index contributed by atoms with van der Waals surface area (Å²) in [6, 6.07) is 12.0. The summed E-state index contributed by atoms with van der Waals surface area (Å²) in [6.07, 6.45) is 2.07. The van der Waals surface area contributed by atoms with Crippen LogP contribution in [0.15, 0.2) is 36.4 Å². The van der Waals surface area contributed by atoms with Crippen LogP contribution in [0.1, 0.15) is 29.8 Å². The van der Waals surface area contributed by atoms with Gasteiger partial charge >= 0.3 is 0 Å². The van der Waals surface area contributed by atoms with Crippen LogP contribution < -0.4 is 10.5 Å². The highest BCUT2D eigenvalue weighted by Crippen LogP contribution is 2.21. The lowest BCUT2D eigenvalue weighted by molar-refractivity contribution is 0.303. The molecule has 0 radical (unpaired) electrons. The number of fused-ring (bicyclic) bond motifs is 1. The second kappa shape index (κ2) is 6.95. The van der Waals surface area contributed by atoms with E-state index in [0.29, 0.717) is 6.61 Å². The SMILES string of the molecule is Cc1cc2nc(C)n(CCCCOc3ccc(N)cc3)c2cc1C. The molecule has 3 rings (SSSR count).